The van der Waals surface area contributed by atoms with Crippen molar-refractivity contribution in [3.8, 4) is 0 Å². The van der Waals surface area contributed by atoms with E-state index in [4.69, 9.17) is 5.53 Å². The van der Waals surface area contributed by atoms with Crippen LogP contribution in [0.5, 0.6) is 0 Å². The molecule has 0 amide bonds. The number of hydrogen-bond donors (Lipinski definition) is 0. The van der Waals surface area contributed by atoms with E-state index >= 15 is 0 Å². The molecule has 0 aromatic carbocycles. The molecule has 0 bridgehead atoms. The van der Waals surface area contributed by atoms with Gasteiger partial charge in [0, 0.05) is 16.0 Å². The van der Waals surface area contributed by atoms with E-state index in [0.29, 0.717) is 16.2 Å². The summed E-state index contributed by atoms with van der Waals surface area (Å²) in [5.74, 6) is 0. The zero-order valence-electron chi connectivity index (χ0n) is 6.12. The van der Waals surface area contributed by atoms with Gasteiger partial charge >= 0.3 is 6.18 Å². The van der Waals surface area contributed by atoms with E-state index < -0.39 is 11.2 Å². The number of alkyl halides is 3. The van der Waals surface area contributed by atoms with Crippen LogP contribution < -0.4 is 0 Å². The quantitative estimate of drug-likeness (QED) is 0.418. The lowest BCUT2D eigenvalue weighted by Gasteiger charge is -1.98. The van der Waals surface area contributed by atoms with Crippen LogP contribution in [0.2, 0.25) is 0 Å². The molecule has 0 radical (unpaired) electrons. The van der Waals surface area contributed by atoms with Crippen LogP contribution in [0.15, 0.2) is 11.3 Å². The molecule has 0 N–H and O–H groups in total. The number of nitrogens with zero attached hydrogens (tertiary/aromatic N) is 4. The summed E-state index contributed by atoms with van der Waals surface area (Å²) in [4.78, 5) is 5.87. The molecule has 1 rings (SSSR count). The van der Waals surface area contributed by atoms with E-state index in [9.17, 15) is 13.2 Å². The second-order valence-electron chi connectivity index (χ2n) is 2.02. The van der Waals surface area contributed by atoms with Crippen molar-refractivity contribution in [3.05, 3.63) is 26.5 Å². The Labute approximate surface area is 74.7 Å². The SMILES string of the molecule is [N-]=[N+]=NCc1cnc(C(F)(F)F)s1. The Morgan fingerprint density at radius 2 is 2.31 bits per heavy atom. The Kier molecular flexibility index (Phi) is 2.74. The largest absolute Gasteiger partial charge is 0.443 e. The Bertz CT molecular complexity index is 338. The minimum atomic E-state index is -4.42. The fourth-order valence-electron chi connectivity index (χ4n) is 0.613. The summed E-state index contributed by atoms with van der Waals surface area (Å²) in [6, 6.07) is 0. The number of hydrogen-bond acceptors (Lipinski definition) is 3. The minimum Gasteiger partial charge on any atom is -0.240 e. The first kappa shape index (κ1) is 9.82. The summed E-state index contributed by atoms with van der Waals surface area (Å²) in [6.45, 7) is -0.0930. The lowest BCUT2D eigenvalue weighted by Crippen LogP contribution is -2.02. The molecule has 8 heteroatoms. The van der Waals surface area contributed by atoms with Gasteiger partial charge in [0.1, 0.15) is 0 Å². The molecule has 0 aliphatic heterocycles. The highest BCUT2D eigenvalue weighted by molar-refractivity contribution is 7.11. The van der Waals surface area contributed by atoms with Crippen LogP contribution in [0.25, 0.3) is 10.4 Å². The maximum absolute atomic E-state index is 12.0. The molecule has 0 saturated carbocycles. The first-order valence-electron chi connectivity index (χ1n) is 3.07. The van der Waals surface area contributed by atoms with Gasteiger partial charge in [-0.2, -0.15) is 13.2 Å². The van der Waals surface area contributed by atoms with Gasteiger partial charge in [-0.05, 0) is 5.53 Å². The van der Waals surface area contributed by atoms with Crippen LogP contribution in [0.4, 0.5) is 13.2 Å². The van der Waals surface area contributed by atoms with Gasteiger partial charge in [-0.1, -0.05) is 5.11 Å². The van der Waals surface area contributed by atoms with Gasteiger partial charge in [0.2, 0.25) is 0 Å². The summed E-state index contributed by atoms with van der Waals surface area (Å²) < 4.78 is 35.9. The third-order valence-corrected chi connectivity index (χ3v) is 2.11. The normalized spacial score (nSPS) is 11.0. The van der Waals surface area contributed by atoms with Gasteiger partial charge in [-0.15, -0.1) is 11.3 Å². The maximum Gasteiger partial charge on any atom is 0.443 e. The minimum absolute atomic E-state index is 0.0930. The number of aromatic nitrogens is 1. The first-order chi connectivity index (χ1) is 6.04. The smallest absolute Gasteiger partial charge is 0.240 e. The molecule has 13 heavy (non-hydrogen) atoms. The van der Waals surface area contributed by atoms with Crippen molar-refractivity contribution in [2.75, 3.05) is 0 Å². The fourth-order valence-corrected chi connectivity index (χ4v) is 1.31. The van der Waals surface area contributed by atoms with Crippen molar-refractivity contribution >= 4 is 11.3 Å². The molecule has 0 saturated heterocycles. The van der Waals surface area contributed by atoms with Crippen LogP contribution >= 0.6 is 11.3 Å². The lowest BCUT2D eigenvalue weighted by molar-refractivity contribution is -0.137. The van der Waals surface area contributed by atoms with E-state index in [1.165, 1.54) is 0 Å². The molecule has 0 unspecified atom stereocenters. The molecule has 0 spiro atoms. The predicted molar refractivity (Wildman–Crippen MR) is 40.0 cm³/mol. The van der Waals surface area contributed by atoms with Gasteiger partial charge in [0.05, 0.1) is 6.54 Å². The molecule has 70 valence electrons. The molecule has 1 heterocycles. The second-order valence-corrected chi connectivity index (χ2v) is 3.13. The topological polar surface area (TPSA) is 61.7 Å². The molecular weight excluding hydrogens is 205 g/mol. The number of thiazole rings is 1. The molecule has 4 nitrogen and oxygen atoms in total. The highest BCUT2D eigenvalue weighted by atomic mass is 32.1. The average molecular weight is 208 g/mol. The van der Waals surface area contributed by atoms with Crippen LogP contribution in [0.1, 0.15) is 9.88 Å². The van der Waals surface area contributed by atoms with Gasteiger partial charge < -0.3 is 0 Å². The van der Waals surface area contributed by atoms with Crippen LogP contribution in [-0.4, -0.2) is 4.98 Å². The standard InChI is InChI=1S/C5H3F3N4S/c6-5(7,8)4-10-1-3(13-4)2-11-12-9/h1H,2H2. The second kappa shape index (κ2) is 3.63. The lowest BCUT2D eigenvalue weighted by atomic mass is 10.6. The molecule has 1 aromatic heterocycles. The Morgan fingerprint density at radius 1 is 1.62 bits per heavy atom. The molecule has 0 aliphatic carbocycles. The highest BCUT2D eigenvalue weighted by Gasteiger charge is 2.34. The van der Waals surface area contributed by atoms with Crippen molar-refractivity contribution in [3.63, 3.8) is 0 Å². The summed E-state index contributed by atoms with van der Waals surface area (Å²) in [7, 11) is 0. The molecule has 0 atom stereocenters. The summed E-state index contributed by atoms with van der Waals surface area (Å²) >= 11 is 0.479. The average Bonchev–Trinajstić information content (AvgIpc) is 2.47. The molecular formula is C5H3F3N4S. The zero-order chi connectivity index (χ0) is 9.90. The monoisotopic (exact) mass is 208 g/mol. The van der Waals surface area contributed by atoms with Crippen molar-refractivity contribution in [1.29, 1.82) is 0 Å². The van der Waals surface area contributed by atoms with E-state index in [1.807, 2.05) is 0 Å². The molecule has 1 aromatic rings. The Morgan fingerprint density at radius 3 is 2.77 bits per heavy atom. The van der Waals surface area contributed by atoms with Gasteiger partial charge in [-0.25, -0.2) is 4.98 Å². The summed E-state index contributed by atoms with van der Waals surface area (Å²) in [6.07, 6.45) is -3.36. The van der Waals surface area contributed by atoms with Gasteiger partial charge in [0.15, 0.2) is 5.01 Å². The van der Waals surface area contributed by atoms with Gasteiger partial charge in [-0.3, -0.25) is 0 Å². The highest BCUT2D eigenvalue weighted by Crippen LogP contribution is 2.32. The molecule has 0 aliphatic rings. The number of azide groups is 1. The van der Waals surface area contributed by atoms with Gasteiger partial charge in [0.25, 0.3) is 0 Å². The van der Waals surface area contributed by atoms with E-state index in [-0.39, 0.29) is 6.54 Å². The maximum atomic E-state index is 12.0. The van der Waals surface area contributed by atoms with Crippen LogP contribution in [-0.2, 0) is 12.7 Å². The van der Waals surface area contributed by atoms with Crippen molar-refractivity contribution in [2.45, 2.75) is 12.7 Å². The van der Waals surface area contributed by atoms with E-state index in [0.717, 1.165) is 6.20 Å². The zero-order valence-corrected chi connectivity index (χ0v) is 6.93. The van der Waals surface area contributed by atoms with Crippen molar-refractivity contribution < 1.29 is 13.2 Å². The van der Waals surface area contributed by atoms with E-state index in [2.05, 4.69) is 15.0 Å². The first-order valence-corrected chi connectivity index (χ1v) is 3.88. The van der Waals surface area contributed by atoms with Crippen molar-refractivity contribution in [1.82, 2.24) is 4.98 Å². The number of halogens is 3. The Balaban J connectivity index is 2.80. The van der Waals surface area contributed by atoms with E-state index in [1.54, 1.807) is 0 Å². The van der Waals surface area contributed by atoms with Crippen LogP contribution in [0, 0.1) is 0 Å². The third-order valence-electron chi connectivity index (χ3n) is 1.09. The summed E-state index contributed by atoms with van der Waals surface area (Å²) in [5, 5.41) is 2.20. The number of rotatable bonds is 2. The predicted octanol–water partition coefficient (Wildman–Crippen LogP) is 2.97. The molecule has 0 fully saturated rings. The summed E-state index contributed by atoms with van der Waals surface area (Å²) in [5.41, 5.74) is 7.91. The van der Waals surface area contributed by atoms with Crippen LogP contribution in [0.3, 0.4) is 0 Å². The Hall–Kier alpha value is -1.27. The fraction of sp³-hybridized carbons (Fsp3) is 0.400. The van der Waals surface area contributed by atoms with Crippen molar-refractivity contribution in [2.24, 2.45) is 5.11 Å². The third kappa shape index (κ3) is 2.60.